The Labute approximate surface area is 305 Å². The first-order valence-electron chi connectivity index (χ1n) is 15.8. The fraction of sp³-hybridized carbons (Fsp3) is 0.100. The SMILES string of the molecule is [Cl][Ru][Cl].c1ccc(P(c2ccccc2)c2ccc3c(c2-c2c(P(c4ccccc4)c4ccccc4)ccc4c2OCCO4)OCCO3)cc1. The normalized spacial score (nSPS) is 13.1. The van der Waals surface area contributed by atoms with Crippen molar-refractivity contribution in [2.24, 2.45) is 0 Å². The molecule has 0 aliphatic carbocycles. The summed E-state index contributed by atoms with van der Waals surface area (Å²) in [6.07, 6.45) is 0. The van der Waals surface area contributed by atoms with Crippen LogP contribution < -0.4 is 50.8 Å². The van der Waals surface area contributed by atoms with Crippen LogP contribution in [0.15, 0.2) is 146 Å². The van der Waals surface area contributed by atoms with Gasteiger partial charge in [0.05, 0.1) is 0 Å². The van der Waals surface area contributed by atoms with E-state index in [9.17, 15) is 0 Å². The van der Waals surface area contributed by atoms with Crippen molar-refractivity contribution in [3.63, 3.8) is 0 Å². The molecule has 248 valence electrons. The van der Waals surface area contributed by atoms with E-state index in [1.54, 1.807) is 0 Å². The molecule has 0 bridgehead atoms. The zero-order chi connectivity index (χ0) is 33.4. The molecular weight excluding hydrogens is 778 g/mol. The van der Waals surface area contributed by atoms with E-state index in [-0.39, 0.29) is 15.1 Å². The minimum absolute atomic E-state index is 0.346. The van der Waals surface area contributed by atoms with Crippen LogP contribution in [0, 0.1) is 0 Å². The molecule has 8 rings (SSSR count). The first-order valence-corrected chi connectivity index (χ1v) is 23.0. The summed E-state index contributed by atoms with van der Waals surface area (Å²) in [5.41, 5.74) is 2.04. The van der Waals surface area contributed by atoms with Gasteiger partial charge in [0, 0.05) is 11.1 Å². The molecule has 2 aliphatic rings. The van der Waals surface area contributed by atoms with Gasteiger partial charge in [0.15, 0.2) is 23.0 Å². The predicted octanol–water partition coefficient (Wildman–Crippen LogP) is 7.79. The maximum atomic E-state index is 6.60. The van der Waals surface area contributed by atoms with Crippen LogP contribution in [0.25, 0.3) is 11.1 Å². The first-order chi connectivity index (χ1) is 24.3. The molecule has 0 amide bonds. The Kier molecular flexibility index (Phi) is 11.5. The molecule has 0 saturated heterocycles. The van der Waals surface area contributed by atoms with Gasteiger partial charge in [-0.05, 0) is 71.9 Å². The molecule has 0 spiro atoms. The number of rotatable bonds is 7. The predicted molar refractivity (Wildman–Crippen MR) is 203 cm³/mol. The Morgan fingerprint density at radius 3 is 0.980 bits per heavy atom. The fourth-order valence-electron chi connectivity index (χ4n) is 6.23. The molecule has 0 atom stereocenters. The summed E-state index contributed by atoms with van der Waals surface area (Å²) in [6, 6.07) is 51.9. The van der Waals surface area contributed by atoms with E-state index in [0.29, 0.717) is 26.4 Å². The molecule has 4 nitrogen and oxygen atoms in total. The summed E-state index contributed by atoms with van der Waals surface area (Å²) in [6.45, 7) is 1.98. The maximum absolute atomic E-state index is 6.60. The second-order valence-electron chi connectivity index (χ2n) is 11.0. The molecule has 0 aromatic heterocycles. The Bertz CT molecular complexity index is 1760. The average molecular weight is 811 g/mol. The second kappa shape index (κ2) is 16.5. The van der Waals surface area contributed by atoms with E-state index in [2.05, 4.69) is 146 Å². The van der Waals surface area contributed by atoms with Crippen LogP contribution in [0.5, 0.6) is 23.0 Å². The number of halogens is 2. The van der Waals surface area contributed by atoms with Crippen LogP contribution in [0.3, 0.4) is 0 Å². The molecule has 0 N–H and O–H groups in total. The Morgan fingerprint density at radius 2 is 0.673 bits per heavy atom. The van der Waals surface area contributed by atoms with E-state index in [1.165, 1.54) is 31.8 Å². The maximum Gasteiger partial charge on any atom is 0.169 e. The molecule has 49 heavy (non-hydrogen) atoms. The van der Waals surface area contributed by atoms with Crippen molar-refractivity contribution in [1.29, 1.82) is 0 Å². The first kappa shape index (κ1) is 34.1. The van der Waals surface area contributed by atoms with Gasteiger partial charge in [-0.15, -0.1) is 0 Å². The molecule has 6 aromatic rings. The summed E-state index contributed by atoms with van der Waals surface area (Å²) in [5.74, 6) is 3.04. The summed E-state index contributed by atoms with van der Waals surface area (Å²) >= 11 is -0.346. The Balaban J connectivity index is 0.00000122. The number of ether oxygens (including phenoxy) is 4. The van der Waals surface area contributed by atoms with Crippen molar-refractivity contribution in [2.75, 3.05) is 26.4 Å². The molecule has 6 aromatic carbocycles. The Hall–Kier alpha value is -3.42. The standard InChI is InChI=1S/C40H32O4P2.2ClH.Ru/c1-5-13-29(14-6-1)45(30-15-7-2-8-16-30)35-23-21-33-39(43-27-25-41-33)37(35)38-36(24-22-34-40(38)44-28-26-42-34)46(31-17-9-3-10-18-31)32-19-11-4-12-20-32;;;/h1-24H,25-28H2;2*1H;/q;;;+2/p-2. The van der Waals surface area contributed by atoms with Gasteiger partial charge in [0.25, 0.3) is 0 Å². The molecule has 0 radical (unpaired) electrons. The van der Waals surface area contributed by atoms with Gasteiger partial charge >= 0.3 is 34.5 Å². The summed E-state index contributed by atoms with van der Waals surface area (Å²) < 4.78 is 25.7. The van der Waals surface area contributed by atoms with Gasteiger partial charge in [-0.1, -0.05) is 121 Å². The van der Waals surface area contributed by atoms with Crippen LogP contribution in [-0.4, -0.2) is 26.4 Å². The van der Waals surface area contributed by atoms with E-state index in [1.807, 2.05) is 0 Å². The smallest absolute Gasteiger partial charge is 0.169 e. The van der Waals surface area contributed by atoms with Crippen LogP contribution in [-0.2, 0) is 15.1 Å². The van der Waals surface area contributed by atoms with Gasteiger partial charge in [-0.2, -0.15) is 0 Å². The minimum atomic E-state index is -0.984. The minimum Gasteiger partial charge on any atom is -0.486 e. The van der Waals surface area contributed by atoms with Crippen molar-refractivity contribution in [2.45, 2.75) is 0 Å². The van der Waals surface area contributed by atoms with Crippen LogP contribution in [0.1, 0.15) is 0 Å². The fourth-order valence-corrected chi connectivity index (χ4v) is 11.1. The largest absolute Gasteiger partial charge is 0.486 e. The van der Waals surface area contributed by atoms with Crippen molar-refractivity contribution < 1.29 is 34.1 Å². The summed E-state index contributed by atoms with van der Waals surface area (Å²) in [5, 5.41) is 7.43. The van der Waals surface area contributed by atoms with Crippen LogP contribution in [0.2, 0.25) is 0 Å². The van der Waals surface area contributed by atoms with E-state index < -0.39 is 15.8 Å². The summed E-state index contributed by atoms with van der Waals surface area (Å²) in [4.78, 5) is 0. The van der Waals surface area contributed by atoms with E-state index >= 15 is 0 Å². The Morgan fingerprint density at radius 1 is 0.388 bits per heavy atom. The van der Waals surface area contributed by atoms with Crippen LogP contribution in [0.4, 0.5) is 0 Å². The van der Waals surface area contributed by atoms with Gasteiger partial charge in [0.2, 0.25) is 0 Å². The van der Waals surface area contributed by atoms with Crippen molar-refractivity contribution >= 4 is 67.1 Å². The number of hydrogen-bond donors (Lipinski definition) is 0. The topological polar surface area (TPSA) is 36.9 Å². The van der Waals surface area contributed by atoms with E-state index in [0.717, 1.165) is 34.1 Å². The van der Waals surface area contributed by atoms with Crippen molar-refractivity contribution in [3.05, 3.63) is 146 Å². The third-order valence-corrected chi connectivity index (χ3v) is 13.1. The average Bonchev–Trinajstić information content (AvgIpc) is 3.17. The zero-order valence-corrected chi connectivity index (χ0v) is 31.4. The molecule has 9 heteroatoms. The molecular formula is C40H32Cl2O4P2Ru. The van der Waals surface area contributed by atoms with Gasteiger partial charge in [-0.3, -0.25) is 0 Å². The van der Waals surface area contributed by atoms with Crippen molar-refractivity contribution in [3.8, 4) is 34.1 Å². The molecule has 0 unspecified atom stereocenters. The molecule has 0 saturated carbocycles. The molecule has 0 fully saturated rings. The van der Waals surface area contributed by atoms with Crippen LogP contribution >= 0.6 is 35.2 Å². The van der Waals surface area contributed by atoms with Gasteiger partial charge in [-0.25, -0.2) is 0 Å². The van der Waals surface area contributed by atoms with Gasteiger partial charge < -0.3 is 18.9 Å². The third-order valence-electron chi connectivity index (χ3n) is 8.16. The number of benzene rings is 6. The quantitative estimate of drug-likeness (QED) is 0.122. The summed E-state index contributed by atoms with van der Waals surface area (Å²) in [7, 11) is 7.74. The second-order valence-corrected chi connectivity index (χ2v) is 18.0. The van der Waals surface area contributed by atoms with Gasteiger partial charge in [0.1, 0.15) is 26.4 Å². The van der Waals surface area contributed by atoms with E-state index in [4.69, 9.17) is 38.3 Å². The zero-order valence-electron chi connectivity index (χ0n) is 26.3. The molecule has 2 heterocycles. The number of hydrogen-bond acceptors (Lipinski definition) is 4. The molecule has 2 aliphatic heterocycles. The number of fused-ring (bicyclic) bond motifs is 2. The van der Waals surface area contributed by atoms with Crippen molar-refractivity contribution in [1.82, 2.24) is 0 Å². The third kappa shape index (κ3) is 7.39. The monoisotopic (exact) mass is 810 g/mol.